The minimum Gasteiger partial charge on any atom is -0.497 e. The van der Waals surface area contributed by atoms with Gasteiger partial charge in [0.1, 0.15) is 5.75 Å². The zero-order chi connectivity index (χ0) is 13.6. The van der Waals surface area contributed by atoms with Gasteiger partial charge in [-0.25, -0.2) is 0 Å². The Morgan fingerprint density at radius 2 is 2.00 bits per heavy atom. The van der Waals surface area contributed by atoms with Crippen molar-refractivity contribution < 1.29 is 9.53 Å². The number of ether oxygens (including phenoxy) is 1. The summed E-state index contributed by atoms with van der Waals surface area (Å²) in [5.74, 6) is 1.24. The van der Waals surface area contributed by atoms with Crippen molar-refractivity contribution in [1.82, 2.24) is 0 Å². The molecule has 0 radical (unpaired) electrons. The Balaban J connectivity index is 2.20. The molecule has 2 heteroatoms. The molecular weight excluding hydrogens is 236 g/mol. The minimum absolute atomic E-state index is 0.0279. The van der Waals surface area contributed by atoms with Crippen molar-refractivity contribution in [3.05, 3.63) is 40.5 Å². The lowest BCUT2D eigenvalue weighted by atomic mass is 9.61. The first-order valence-electron chi connectivity index (χ1n) is 6.97. The van der Waals surface area contributed by atoms with Gasteiger partial charge in [-0.1, -0.05) is 18.6 Å². The summed E-state index contributed by atoms with van der Waals surface area (Å²) in [6.07, 6.45) is 3.66. The van der Waals surface area contributed by atoms with Gasteiger partial charge in [0.25, 0.3) is 0 Å². The SMILES string of the molecule is COc1ccc2c(c1)[C@]1(C)CCC(=O)C(C)=C1CC2. The number of allylic oxidation sites excluding steroid dienone is 2. The number of hydrogen-bond donors (Lipinski definition) is 0. The van der Waals surface area contributed by atoms with Crippen LogP contribution in [0, 0.1) is 0 Å². The molecule has 0 fully saturated rings. The van der Waals surface area contributed by atoms with E-state index in [4.69, 9.17) is 4.74 Å². The van der Waals surface area contributed by atoms with Crippen molar-refractivity contribution in [1.29, 1.82) is 0 Å². The van der Waals surface area contributed by atoms with E-state index in [0.717, 1.165) is 30.6 Å². The second kappa shape index (κ2) is 4.22. The van der Waals surface area contributed by atoms with Gasteiger partial charge in [0, 0.05) is 11.8 Å². The molecule has 1 aromatic carbocycles. The topological polar surface area (TPSA) is 26.3 Å². The van der Waals surface area contributed by atoms with E-state index in [2.05, 4.69) is 19.1 Å². The molecule has 0 bridgehead atoms. The molecule has 0 aliphatic heterocycles. The third kappa shape index (κ3) is 1.73. The van der Waals surface area contributed by atoms with E-state index in [0.29, 0.717) is 12.2 Å². The number of methoxy groups -OCH3 is 1. The number of Topliss-reactive ketones (excluding diaryl/α,β-unsaturated/α-hetero) is 1. The Labute approximate surface area is 114 Å². The maximum atomic E-state index is 11.9. The molecule has 0 aromatic heterocycles. The van der Waals surface area contributed by atoms with E-state index in [1.165, 1.54) is 16.7 Å². The normalized spacial score (nSPS) is 25.9. The zero-order valence-corrected chi connectivity index (χ0v) is 11.9. The molecule has 2 aliphatic rings. The van der Waals surface area contributed by atoms with Gasteiger partial charge in [0.05, 0.1) is 7.11 Å². The van der Waals surface area contributed by atoms with E-state index in [1.54, 1.807) is 7.11 Å². The summed E-state index contributed by atoms with van der Waals surface area (Å²) in [5, 5.41) is 0. The molecule has 0 N–H and O–H groups in total. The second-order valence-corrected chi connectivity index (χ2v) is 5.88. The van der Waals surface area contributed by atoms with Gasteiger partial charge >= 0.3 is 0 Å². The lowest BCUT2D eigenvalue weighted by Gasteiger charge is -2.42. The monoisotopic (exact) mass is 256 g/mol. The molecule has 1 aromatic rings. The molecule has 100 valence electrons. The van der Waals surface area contributed by atoms with Crippen LogP contribution in [0.2, 0.25) is 0 Å². The highest BCUT2D eigenvalue weighted by molar-refractivity contribution is 5.97. The van der Waals surface area contributed by atoms with Crippen LogP contribution in [0.5, 0.6) is 5.75 Å². The van der Waals surface area contributed by atoms with Gasteiger partial charge in [-0.05, 0) is 55.0 Å². The molecule has 3 rings (SSSR count). The average molecular weight is 256 g/mol. The number of carbonyl (C=O) groups excluding carboxylic acids is 1. The molecule has 0 saturated heterocycles. The first-order valence-corrected chi connectivity index (χ1v) is 6.97. The van der Waals surface area contributed by atoms with Crippen LogP contribution in [0.1, 0.15) is 44.2 Å². The summed E-state index contributed by atoms with van der Waals surface area (Å²) < 4.78 is 5.37. The Bertz CT molecular complexity index is 583. The van der Waals surface area contributed by atoms with Crippen LogP contribution >= 0.6 is 0 Å². The molecule has 19 heavy (non-hydrogen) atoms. The third-order valence-electron chi connectivity index (χ3n) is 4.94. The van der Waals surface area contributed by atoms with Crippen LogP contribution in [0.25, 0.3) is 0 Å². The number of rotatable bonds is 1. The summed E-state index contributed by atoms with van der Waals surface area (Å²) >= 11 is 0. The Kier molecular flexibility index (Phi) is 2.77. The van der Waals surface area contributed by atoms with Crippen LogP contribution in [0.4, 0.5) is 0 Å². The highest BCUT2D eigenvalue weighted by atomic mass is 16.5. The predicted molar refractivity (Wildman–Crippen MR) is 75.6 cm³/mol. The number of hydrogen-bond acceptors (Lipinski definition) is 2. The van der Waals surface area contributed by atoms with E-state index in [9.17, 15) is 4.79 Å². The lowest BCUT2D eigenvalue weighted by Crippen LogP contribution is -2.36. The van der Waals surface area contributed by atoms with Gasteiger partial charge < -0.3 is 4.74 Å². The standard InChI is InChI=1S/C17H20O2/c1-11-14-7-5-12-4-6-13(19-3)10-15(12)17(14,2)9-8-16(11)18/h4,6,10H,5,7-9H2,1-3H3/t17-/m1/s1. The molecule has 0 saturated carbocycles. The molecule has 2 nitrogen and oxygen atoms in total. The first-order chi connectivity index (χ1) is 9.06. The molecule has 0 amide bonds. The van der Waals surface area contributed by atoms with E-state index >= 15 is 0 Å². The maximum Gasteiger partial charge on any atom is 0.158 e. The molecule has 1 atom stereocenters. The van der Waals surface area contributed by atoms with Gasteiger partial charge in [0.2, 0.25) is 0 Å². The quantitative estimate of drug-likeness (QED) is 0.767. The fourth-order valence-corrected chi connectivity index (χ4v) is 3.72. The first kappa shape index (κ1) is 12.5. The summed E-state index contributed by atoms with van der Waals surface area (Å²) in [6, 6.07) is 6.39. The molecule has 0 unspecified atom stereocenters. The van der Waals surface area contributed by atoms with Gasteiger partial charge in [-0.2, -0.15) is 0 Å². The van der Waals surface area contributed by atoms with Crippen molar-refractivity contribution in [2.24, 2.45) is 0 Å². The lowest BCUT2D eigenvalue weighted by molar-refractivity contribution is -0.116. The third-order valence-corrected chi connectivity index (χ3v) is 4.94. The van der Waals surface area contributed by atoms with Gasteiger partial charge in [0.15, 0.2) is 5.78 Å². The van der Waals surface area contributed by atoms with Crippen molar-refractivity contribution in [3.63, 3.8) is 0 Å². The zero-order valence-electron chi connectivity index (χ0n) is 11.9. The average Bonchev–Trinajstić information content (AvgIpc) is 2.43. The largest absolute Gasteiger partial charge is 0.497 e. The van der Waals surface area contributed by atoms with Crippen molar-refractivity contribution in [2.75, 3.05) is 7.11 Å². The predicted octanol–water partition coefficient (Wildman–Crippen LogP) is 3.58. The highest BCUT2D eigenvalue weighted by Gasteiger charge is 2.41. The summed E-state index contributed by atoms with van der Waals surface area (Å²) in [6.45, 7) is 4.29. The molecule has 2 aliphatic carbocycles. The van der Waals surface area contributed by atoms with Crippen LogP contribution in [0.3, 0.4) is 0 Å². The van der Waals surface area contributed by atoms with Crippen molar-refractivity contribution in [3.8, 4) is 5.75 Å². The Hall–Kier alpha value is -1.57. The van der Waals surface area contributed by atoms with Crippen LogP contribution < -0.4 is 4.74 Å². The van der Waals surface area contributed by atoms with Gasteiger partial charge in [-0.15, -0.1) is 0 Å². The summed E-state index contributed by atoms with van der Waals surface area (Å²) in [5.41, 5.74) is 5.15. The Morgan fingerprint density at radius 1 is 1.21 bits per heavy atom. The van der Waals surface area contributed by atoms with Crippen LogP contribution in [-0.4, -0.2) is 12.9 Å². The maximum absolute atomic E-state index is 11.9. The molecule has 0 heterocycles. The van der Waals surface area contributed by atoms with Gasteiger partial charge in [-0.3, -0.25) is 4.79 Å². The number of aryl methyl sites for hydroxylation is 1. The summed E-state index contributed by atoms with van der Waals surface area (Å²) in [4.78, 5) is 11.9. The number of carbonyl (C=O) groups is 1. The smallest absolute Gasteiger partial charge is 0.158 e. The van der Waals surface area contributed by atoms with E-state index in [1.807, 2.05) is 13.0 Å². The summed E-state index contributed by atoms with van der Waals surface area (Å²) in [7, 11) is 1.71. The second-order valence-electron chi connectivity index (χ2n) is 5.88. The minimum atomic E-state index is 0.0279. The fraction of sp³-hybridized carbons (Fsp3) is 0.471. The number of fused-ring (bicyclic) bond motifs is 3. The van der Waals surface area contributed by atoms with Crippen LogP contribution in [-0.2, 0) is 16.6 Å². The van der Waals surface area contributed by atoms with E-state index in [-0.39, 0.29) is 5.41 Å². The number of ketones is 1. The fourth-order valence-electron chi connectivity index (χ4n) is 3.72. The van der Waals surface area contributed by atoms with E-state index < -0.39 is 0 Å². The molecule has 0 spiro atoms. The molecular formula is C17H20O2. The van der Waals surface area contributed by atoms with Crippen molar-refractivity contribution >= 4 is 5.78 Å². The van der Waals surface area contributed by atoms with Crippen LogP contribution in [0.15, 0.2) is 29.3 Å². The Morgan fingerprint density at radius 3 is 2.74 bits per heavy atom. The number of benzene rings is 1. The highest BCUT2D eigenvalue weighted by Crippen LogP contribution is 2.49. The van der Waals surface area contributed by atoms with Crippen molar-refractivity contribution in [2.45, 2.75) is 44.9 Å².